The van der Waals surface area contributed by atoms with E-state index in [0.29, 0.717) is 19.1 Å². The highest BCUT2D eigenvalue weighted by molar-refractivity contribution is 5.75. The van der Waals surface area contributed by atoms with Crippen LogP contribution in [0.5, 0.6) is 0 Å². The van der Waals surface area contributed by atoms with Crippen LogP contribution in [0.1, 0.15) is 26.6 Å². The molecule has 1 amide bonds. The molecule has 0 aromatic carbocycles. The molecule has 0 fully saturated rings. The zero-order chi connectivity index (χ0) is 12.8. The van der Waals surface area contributed by atoms with Gasteiger partial charge in [-0.05, 0) is 6.92 Å². The molecule has 5 nitrogen and oxygen atoms in total. The number of likely N-dealkylation sites (N-methyl/N-ethyl adjacent to an activating group) is 1. The SMILES string of the molecule is CCN(C)C(=O)Cn1ccnc1CNC(C)C. The molecule has 1 heterocycles. The average Bonchev–Trinajstić information content (AvgIpc) is 2.72. The maximum atomic E-state index is 11.8. The molecular formula is C12H22N4O. The Morgan fingerprint density at radius 3 is 2.88 bits per heavy atom. The second-order valence-corrected chi connectivity index (χ2v) is 4.41. The van der Waals surface area contributed by atoms with Gasteiger partial charge in [0, 0.05) is 32.0 Å². The van der Waals surface area contributed by atoms with Crippen molar-refractivity contribution in [1.29, 1.82) is 0 Å². The summed E-state index contributed by atoms with van der Waals surface area (Å²) in [5.41, 5.74) is 0. The van der Waals surface area contributed by atoms with Crippen molar-refractivity contribution in [3.63, 3.8) is 0 Å². The Morgan fingerprint density at radius 1 is 1.59 bits per heavy atom. The van der Waals surface area contributed by atoms with Crippen molar-refractivity contribution >= 4 is 5.91 Å². The Morgan fingerprint density at radius 2 is 2.29 bits per heavy atom. The van der Waals surface area contributed by atoms with E-state index in [9.17, 15) is 4.79 Å². The van der Waals surface area contributed by atoms with Crippen LogP contribution in [0.2, 0.25) is 0 Å². The fraction of sp³-hybridized carbons (Fsp3) is 0.667. The van der Waals surface area contributed by atoms with Gasteiger partial charge in [-0.3, -0.25) is 4.79 Å². The van der Waals surface area contributed by atoms with Crippen LogP contribution < -0.4 is 5.32 Å². The second kappa shape index (κ2) is 6.39. The zero-order valence-electron chi connectivity index (χ0n) is 11.1. The monoisotopic (exact) mass is 238 g/mol. The van der Waals surface area contributed by atoms with Gasteiger partial charge in [-0.1, -0.05) is 13.8 Å². The highest BCUT2D eigenvalue weighted by Gasteiger charge is 2.10. The number of hydrogen-bond donors (Lipinski definition) is 1. The number of carbonyl (C=O) groups excluding carboxylic acids is 1. The molecule has 0 atom stereocenters. The molecular weight excluding hydrogens is 216 g/mol. The van der Waals surface area contributed by atoms with E-state index in [2.05, 4.69) is 24.1 Å². The summed E-state index contributed by atoms with van der Waals surface area (Å²) >= 11 is 0. The van der Waals surface area contributed by atoms with E-state index < -0.39 is 0 Å². The summed E-state index contributed by atoms with van der Waals surface area (Å²) in [5, 5.41) is 3.30. The maximum Gasteiger partial charge on any atom is 0.242 e. The van der Waals surface area contributed by atoms with E-state index in [0.717, 1.165) is 12.4 Å². The first kappa shape index (κ1) is 13.7. The third-order valence-corrected chi connectivity index (χ3v) is 2.68. The summed E-state index contributed by atoms with van der Waals surface area (Å²) in [4.78, 5) is 17.8. The predicted octanol–water partition coefficient (Wildman–Crippen LogP) is 0.859. The summed E-state index contributed by atoms with van der Waals surface area (Å²) in [6.45, 7) is 7.92. The van der Waals surface area contributed by atoms with E-state index >= 15 is 0 Å². The minimum Gasteiger partial charge on any atom is -0.344 e. The smallest absolute Gasteiger partial charge is 0.242 e. The third-order valence-electron chi connectivity index (χ3n) is 2.68. The standard InChI is InChI=1S/C12H22N4O/c1-5-15(4)12(17)9-16-7-6-13-11(16)8-14-10(2)3/h6-7,10,14H,5,8-9H2,1-4H3. The first-order valence-corrected chi connectivity index (χ1v) is 6.02. The molecule has 0 radical (unpaired) electrons. The fourth-order valence-corrected chi connectivity index (χ4v) is 1.39. The van der Waals surface area contributed by atoms with Crippen molar-refractivity contribution < 1.29 is 4.79 Å². The molecule has 0 saturated carbocycles. The summed E-state index contributed by atoms with van der Waals surface area (Å²) in [7, 11) is 1.81. The summed E-state index contributed by atoms with van der Waals surface area (Å²) in [6, 6.07) is 0.411. The lowest BCUT2D eigenvalue weighted by Crippen LogP contribution is -2.31. The molecule has 0 aliphatic rings. The average molecular weight is 238 g/mol. The number of rotatable bonds is 6. The van der Waals surface area contributed by atoms with Crippen LogP contribution in [0.3, 0.4) is 0 Å². The predicted molar refractivity (Wildman–Crippen MR) is 67.5 cm³/mol. The number of aromatic nitrogens is 2. The molecule has 0 aliphatic heterocycles. The summed E-state index contributed by atoms with van der Waals surface area (Å²) in [5.74, 6) is 1.01. The molecule has 1 aromatic rings. The molecule has 1 N–H and O–H groups in total. The second-order valence-electron chi connectivity index (χ2n) is 4.41. The van der Waals surface area contributed by atoms with Crippen molar-refractivity contribution in [2.75, 3.05) is 13.6 Å². The Bertz CT molecular complexity index is 359. The molecule has 5 heteroatoms. The number of nitrogens with one attached hydrogen (secondary N) is 1. The Labute approximate surface area is 103 Å². The number of hydrogen-bond acceptors (Lipinski definition) is 3. The lowest BCUT2D eigenvalue weighted by Gasteiger charge is -2.16. The van der Waals surface area contributed by atoms with Gasteiger partial charge in [-0.25, -0.2) is 4.98 Å². The lowest BCUT2D eigenvalue weighted by atomic mass is 10.4. The molecule has 0 bridgehead atoms. The van der Waals surface area contributed by atoms with Gasteiger partial charge < -0.3 is 14.8 Å². The van der Waals surface area contributed by atoms with Gasteiger partial charge in [0.1, 0.15) is 12.4 Å². The largest absolute Gasteiger partial charge is 0.344 e. The van der Waals surface area contributed by atoms with Gasteiger partial charge in [-0.2, -0.15) is 0 Å². The van der Waals surface area contributed by atoms with Crippen molar-refractivity contribution in [1.82, 2.24) is 19.8 Å². The summed E-state index contributed by atoms with van der Waals surface area (Å²) < 4.78 is 1.89. The van der Waals surface area contributed by atoms with E-state index in [-0.39, 0.29) is 5.91 Å². The van der Waals surface area contributed by atoms with Gasteiger partial charge in [0.25, 0.3) is 0 Å². The molecule has 0 spiro atoms. The third kappa shape index (κ3) is 4.19. The highest BCUT2D eigenvalue weighted by Crippen LogP contribution is 2.00. The topological polar surface area (TPSA) is 50.2 Å². The molecule has 0 unspecified atom stereocenters. The van der Waals surface area contributed by atoms with Crippen LogP contribution in [-0.4, -0.2) is 40.0 Å². The van der Waals surface area contributed by atoms with Crippen LogP contribution in [0, 0.1) is 0 Å². The molecule has 1 aromatic heterocycles. The van der Waals surface area contributed by atoms with Crippen molar-refractivity contribution in [3.05, 3.63) is 18.2 Å². The fourth-order valence-electron chi connectivity index (χ4n) is 1.39. The van der Waals surface area contributed by atoms with E-state index in [1.165, 1.54) is 0 Å². The van der Waals surface area contributed by atoms with Gasteiger partial charge in [0.15, 0.2) is 0 Å². The van der Waals surface area contributed by atoms with E-state index in [4.69, 9.17) is 0 Å². The number of amides is 1. The lowest BCUT2D eigenvalue weighted by molar-refractivity contribution is -0.130. The number of nitrogens with zero attached hydrogens (tertiary/aromatic N) is 3. The van der Waals surface area contributed by atoms with Gasteiger partial charge in [0.2, 0.25) is 5.91 Å². The molecule has 96 valence electrons. The molecule has 0 aliphatic carbocycles. The normalized spacial score (nSPS) is 10.9. The molecule has 0 saturated heterocycles. The van der Waals surface area contributed by atoms with Crippen molar-refractivity contribution in [2.24, 2.45) is 0 Å². The van der Waals surface area contributed by atoms with Gasteiger partial charge in [0.05, 0.1) is 6.54 Å². The van der Waals surface area contributed by atoms with Crippen LogP contribution in [0.15, 0.2) is 12.4 Å². The van der Waals surface area contributed by atoms with E-state index in [1.807, 2.05) is 24.7 Å². The van der Waals surface area contributed by atoms with Crippen LogP contribution in [-0.2, 0) is 17.9 Å². The molecule has 17 heavy (non-hydrogen) atoms. The molecule has 1 rings (SSSR count). The van der Waals surface area contributed by atoms with Crippen molar-refractivity contribution in [3.8, 4) is 0 Å². The Kier molecular flexibility index (Phi) is 5.15. The van der Waals surface area contributed by atoms with E-state index in [1.54, 1.807) is 11.1 Å². The van der Waals surface area contributed by atoms with Crippen LogP contribution in [0.25, 0.3) is 0 Å². The van der Waals surface area contributed by atoms with Crippen molar-refractivity contribution in [2.45, 2.75) is 39.9 Å². The Hall–Kier alpha value is -1.36. The summed E-state index contributed by atoms with van der Waals surface area (Å²) in [6.07, 6.45) is 3.58. The maximum absolute atomic E-state index is 11.8. The quantitative estimate of drug-likeness (QED) is 0.799. The highest BCUT2D eigenvalue weighted by atomic mass is 16.2. The van der Waals surface area contributed by atoms with Gasteiger partial charge >= 0.3 is 0 Å². The van der Waals surface area contributed by atoms with Gasteiger partial charge in [-0.15, -0.1) is 0 Å². The first-order chi connectivity index (χ1) is 8.04. The minimum absolute atomic E-state index is 0.108. The zero-order valence-corrected chi connectivity index (χ0v) is 11.1. The number of carbonyl (C=O) groups is 1. The first-order valence-electron chi connectivity index (χ1n) is 6.02. The van der Waals surface area contributed by atoms with Crippen LogP contribution >= 0.6 is 0 Å². The van der Waals surface area contributed by atoms with Crippen LogP contribution in [0.4, 0.5) is 0 Å². The minimum atomic E-state index is 0.108. The number of imidazole rings is 1. The Balaban J connectivity index is 2.59.